The monoisotopic (exact) mass is 528 g/mol. The van der Waals surface area contributed by atoms with E-state index < -0.39 is 9.84 Å². The molecule has 0 unspecified atom stereocenters. The summed E-state index contributed by atoms with van der Waals surface area (Å²) in [6.07, 6.45) is 7.89. The van der Waals surface area contributed by atoms with Crippen molar-refractivity contribution in [2.45, 2.75) is 49.6 Å². The molecule has 4 heterocycles. The van der Waals surface area contributed by atoms with Crippen LogP contribution in [0.3, 0.4) is 0 Å². The van der Waals surface area contributed by atoms with Crippen molar-refractivity contribution in [2.75, 3.05) is 35.7 Å². The summed E-state index contributed by atoms with van der Waals surface area (Å²) < 4.78 is 24.8. The number of anilines is 2. The number of piperidine rings is 1. The Morgan fingerprint density at radius 2 is 1.87 bits per heavy atom. The summed E-state index contributed by atoms with van der Waals surface area (Å²) in [6.45, 7) is 3.09. The number of nitrogens with two attached hydrogens (primary N) is 1. The second kappa shape index (κ2) is 8.61. The molecule has 8 nitrogen and oxygen atoms in total. The topological polar surface area (TPSA) is 105 Å². The highest BCUT2D eigenvalue weighted by Crippen LogP contribution is 2.51. The summed E-state index contributed by atoms with van der Waals surface area (Å²) in [4.78, 5) is 19.6. The van der Waals surface area contributed by atoms with Gasteiger partial charge < -0.3 is 15.5 Å². The van der Waals surface area contributed by atoms with E-state index in [1.165, 1.54) is 17.4 Å². The van der Waals surface area contributed by atoms with Crippen molar-refractivity contribution < 1.29 is 8.42 Å². The Balaban J connectivity index is 1.11. The van der Waals surface area contributed by atoms with Gasteiger partial charge in [0.15, 0.2) is 15.7 Å². The first-order chi connectivity index (χ1) is 18.3. The molecule has 1 fully saturated rings. The normalized spacial score (nSPS) is 21.7. The molecule has 1 atom stereocenters. The van der Waals surface area contributed by atoms with Crippen molar-refractivity contribution in [3.63, 3.8) is 0 Å². The Hall–Kier alpha value is -3.30. The second-order valence-electron chi connectivity index (χ2n) is 11.1. The van der Waals surface area contributed by atoms with Gasteiger partial charge in [-0.15, -0.1) is 0 Å². The minimum atomic E-state index is -3.31. The number of nitrogens with zero attached hydrogens (tertiary/aromatic N) is 5. The molecule has 7 rings (SSSR count). The van der Waals surface area contributed by atoms with Crippen LogP contribution in [0.15, 0.2) is 58.5 Å². The van der Waals surface area contributed by atoms with E-state index in [0.717, 1.165) is 86.0 Å². The molecular weight excluding hydrogens is 496 g/mol. The van der Waals surface area contributed by atoms with Gasteiger partial charge in [0, 0.05) is 37.6 Å². The van der Waals surface area contributed by atoms with Gasteiger partial charge in [0.05, 0.1) is 23.3 Å². The number of hydrogen-bond donors (Lipinski definition) is 1. The van der Waals surface area contributed by atoms with Crippen molar-refractivity contribution in [1.82, 2.24) is 9.97 Å². The van der Waals surface area contributed by atoms with Crippen LogP contribution in [0.5, 0.6) is 0 Å². The lowest BCUT2D eigenvalue weighted by Crippen LogP contribution is -2.44. The van der Waals surface area contributed by atoms with Crippen LogP contribution in [0.25, 0.3) is 0 Å². The fraction of sp³-hybridized carbons (Fsp3) is 0.414. The smallest absolute Gasteiger partial charge is 0.175 e. The lowest BCUT2D eigenvalue weighted by atomic mass is 9.73. The fourth-order valence-electron chi connectivity index (χ4n) is 6.95. The van der Waals surface area contributed by atoms with Crippen LogP contribution in [0.4, 0.5) is 11.5 Å². The third kappa shape index (κ3) is 3.66. The van der Waals surface area contributed by atoms with Crippen LogP contribution in [0.1, 0.15) is 53.4 Å². The Labute approximate surface area is 223 Å². The van der Waals surface area contributed by atoms with Gasteiger partial charge >= 0.3 is 0 Å². The van der Waals surface area contributed by atoms with Gasteiger partial charge in [-0.1, -0.05) is 30.3 Å². The number of hydrogen-bond acceptors (Lipinski definition) is 8. The maximum atomic E-state index is 12.4. The van der Waals surface area contributed by atoms with Gasteiger partial charge in [-0.3, -0.25) is 4.99 Å². The molecule has 4 aliphatic rings. The summed E-state index contributed by atoms with van der Waals surface area (Å²) in [5.74, 6) is 1.69. The van der Waals surface area contributed by atoms with Crippen LogP contribution in [-0.4, -0.2) is 50.1 Å². The van der Waals surface area contributed by atoms with E-state index in [0.29, 0.717) is 11.4 Å². The molecule has 3 aromatic rings. The first kappa shape index (κ1) is 23.8. The van der Waals surface area contributed by atoms with Gasteiger partial charge in [0.1, 0.15) is 11.5 Å². The second-order valence-corrected chi connectivity index (χ2v) is 13.1. The minimum Gasteiger partial charge on any atom is -0.355 e. The summed E-state index contributed by atoms with van der Waals surface area (Å²) in [5, 5.41) is 0. The van der Waals surface area contributed by atoms with E-state index in [1.807, 2.05) is 18.3 Å². The van der Waals surface area contributed by atoms with Crippen LogP contribution in [0, 0.1) is 5.41 Å². The number of sulfone groups is 1. The fourth-order valence-corrected chi connectivity index (χ4v) is 7.93. The molecule has 9 heteroatoms. The van der Waals surface area contributed by atoms with Crippen LogP contribution < -0.4 is 15.5 Å². The maximum absolute atomic E-state index is 12.4. The lowest BCUT2D eigenvalue weighted by molar-refractivity contribution is 0.187. The standard InChI is InChI=1S/C29H32N6O2S/c1-38(36,37)24-10-4-9-23-21(24)8-5-13-35(23)28-26-22(17-32-28)33-25(18-31-26)34-14-11-29(12-15-34)16-19-6-2-3-7-20(19)27(29)30/h2-4,6-7,9-10,18,27H,5,8,11-17,30H2,1H3/t27-/m1/s1. The molecule has 196 valence electrons. The quantitative estimate of drug-likeness (QED) is 0.543. The highest BCUT2D eigenvalue weighted by molar-refractivity contribution is 7.90. The SMILES string of the molecule is CS(=O)(=O)c1cccc2c1CCCN2C1=NCc2nc(N3CCC4(CC3)Cc3ccccc3[C@H]4N)cnc21. The van der Waals surface area contributed by atoms with Crippen molar-refractivity contribution in [3.8, 4) is 0 Å². The molecule has 2 N–H and O–H groups in total. The van der Waals surface area contributed by atoms with E-state index in [-0.39, 0.29) is 11.5 Å². The predicted molar refractivity (Wildman–Crippen MR) is 148 cm³/mol. The third-order valence-electron chi connectivity index (χ3n) is 8.96. The number of rotatable bonds is 2. The van der Waals surface area contributed by atoms with Crippen LogP contribution in [-0.2, 0) is 29.2 Å². The van der Waals surface area contributed by atoms with Crippen molar-refractivity contribution in [3.05, 3.63) is 76.7 Å². The Morgan fingerprint density at radius 1 is 1.05 bits per heavy atom. The average molecular weight is 529 g/mol. The molecule has 0 radical (unpaired) electrons. The summed E-state index contributed by atoms with van der Waals surface area (Å²) in [6, 6.07) is 14.2. The highest BCUT2D eigenvalue weighted by Gasteiger charge is 2.46. The van der Waals surface area contributed by atoms with Gasteiger partial charge in [0.2, 0.25) is 0 Å². The Bertz CT molecular complexity index is 1580. The number of aromatic nitrogens is 2. The van der Waals surface area contributed by atoms with Crippen LogP contribution in [0.2, 0.25) is 0 Å². The zero-order valence-electron chi connectivity index (χ0n) is 21.6. The Kier molecular flexibility index (Phi) is 5.39. The molecular formula is C29H32N6O2S. The van der Waals surface area contributed by atoms with Crippen LogP contribution >= 0.6 is 0 Å². The average Bonchev–Trinajstić information content (AvgIpc) is 3.46. The predicted octanol–water partition coefficient (Wildman–Crippen LogP) is 3.44. The molecule has 2 aromatic carbocycles. The van der Waals surface area contributed by atoms with Gasteiger partial charge in [-0.05, 0) is 66.3 Å². The molecule has 0 amide bonds. The van der Waals surface area contributed by atoms with E-state index in [1.54, 1.807) is 6.07 Å². The first-order valence-corrected chi connectivity index (χ1v) is 15.3. The molecule has 0 bridgehead atoms. The molecule has 0 saturated carbocycles. The summed E-state index contributed by atoms with van der Waals surface area (Å²) in [5.41, 5.74) is 13.1. The lowest BCUT2D eigenvalue weighted by Gasteiger charge is -2.42. The number of benzene rings is 2. The van der Waals surface area contributed by atoms with E-state index in [2.05, 4.69) is 34.1 Å². The Morgan fingerprint density at radius 3 is 2.66 bits per heavy atom. The molecule has 1 aromatic heterocycles. The summed E-state index contributed by atoms with van der Waals surface area (Å²) >= 11 is 0. The van der Waals surface area contributed by atoms with Gasteiger partial charge in [0.25, 0.3) is 0 Å². The number of fused-ring (bicyclic) bond motifs is 3. The molecule has 38 heavy (non-hydrogen) atoms. The largest absolute Gasteiger partial charge is 0.355 e. The van der Waals surface area contributed by atoms with E-state index >= 15 is 0 Å². The van der Waals surface area contributed by atoms with E-state index in [9.17, 15) is 8.42 Å². The third-order valence-corrected chi connectivity index (χ3v) is 10.1. The molecule has 1 saturated heterocycles. The van der Waals surface area contributed by atoms with Crippen molar-refractivity contribution >= 4 is 27.2 Å². The van der Waals surface area contributed by atoms with Crippen molar-refractivity contribution in [2.24, 2.45) is 16.1 Å². The highest BCUT2D eigenvalue weighted by atomic mass is 32.2. The molecule has 3 aliphatic heterocycles. The first-order valence-electron chi connectivity index (χ1n) is 13.4. The number of amidine groups is 1. The van der Waals surface area contributed by atoms with Gasteiger partial charge in [-0.25, -0.2) is 18.4 Å². The zero-order valence-corrected chi connectivity index (χ0v) is 22.4. The molecule has 1 aliphatic carbocycles. The zero-order chi connectivity index (χ0) is 26.1. The number of aliphatic imine (C=N–C) groups is 1. The summed E-state index contributed by atoms with van der Waals surface area (Å²) in [7, 11) is -3.31. The van der Waals surface area contributed by atoms with E-state index in [4.69, 9.17) is 20.7 Å². The minimum absolute atomic E-state index is 0.0959. The molecule has 1 spiro atoms. The van der Waals surface area contributed by atoms with Crippen molar-refractivity contribution in [1.29, 1.82) is 0 Å². The maximum Gasteiger partial charge on any atom is 0.175 e. The van der Waals surface area contributed by atoms with Gasteiger partial charge in [-0.2, -0.15) is 0 Å².